The molecule has 0 aliphatic carbocycles. The van der Waals surface area contributed by atoms with Crippen LogP contribution in [0, 0.1) is 5.92 Å². The van der Waals surface area contributed by atoms with Crippen molar-refractivity contribution in [2.24, 2.45) is 11.8 Å². The van der Waals surface area contributed by atoms with Gasteiger partial charge in [-0.1, -0.05) is 19.8 Å². The molecule has 0 aromatic carbocycles. The lowest BCUT2D eigenvalue weighted by Crippen LogP contribution is -2.38. The summed E-state index contributed by atoms with van der Waals surface area (Å²) in [5, 5.41) is 0. The SMILES string of the molecule is CCCC1CCN(C(=O)c2ccnc(NN)c2)CC1. The molecule has 19 heavy (non-hydrogen) atoms. The van der Waals surface area contributed by atoms with Crippen molar-refractivity contribution in [3.05, 3.63) is 23.9 Å². The van der Waals surface area contributed by atoms with Crippen molar-refractivity contribution in [2.75, 3.05) is 18.5 Å². The van der Waals surface area contributed by atoms with Gasteiger partial charge in [-0.25, -0.2) is 10.8 Å². The number of nitrogens with zero attached hydrogens (tertiary/aromatic N) is 2. The Hall–Kier alpha value is -1.62. The Labute approximate surface area is 114 Å². The van der Waals surface area contributed by atoms with Crippen molar-refractivity contribution in [1.29, 1.82) is 0 Å². The summed E-state index contributed by atoms with van der Waals surface area (Å²) in [7, 11) is 0. The minimum absolute atomic E-state index is 0.0776. The number of carbonyl (C=O) groups is 1. The van der Waals surface area contributed by atoms with Gasteiger partial charge in [-0.2, -0.15) is 0 Å². The molecule has 0 unspecified atom stereocenters. The minimum atomic E-state index is 0.0776. The number of carbonyl (C=O) groups excluding carboxylic acids is 1. The fourth-order valence-corrected chi connectivity index (χ4v) is 2.66. The fourth-order valence-electron chi connectivity index (χ4n) is 2.66. The van der Waals surface area contributed by atoms with Crippen LogP contribution in [0.3, 0.4) is 0 Å². The number of hydrogen-bond acceptors (Lipinski definition) is 4. The van der Waals surface area contributed by atoms with E-state index in [9.17, 15) is 4.79 Å². The van der Waals surface area contributed by atoms with E-state index < -0.39 is 0 Å². The highest BCUT2D eigenvalue weighted by molar-refractivity contribution is 5.94. The van der Waals surface area contributed by atoms with E-state index in [0.29, 0.717) is 11.4 Å². The third-order valence-electron chi connectivity index (χ3n) is 3.75. The molecule has 104 valence electrons. The average molecular weight is 262 g/mol. The summed E-state index contributed by atoms with van der Waals surface area (Å²) in [6, 6.07) is 3.43. The highest BCUT2D eigenvalue weighted by Crippen LogP contribution is 2.23. The molecule has 1 amide bonds. The number of piperidine rings is 1. The van der Waals surface area contributed by atoms with Crippen LogP contribution in [0.4, 0.5) is 5.82 Å². The van der Waals surface area contributed by atoms with E-state index in [1.165, 1.54) is 12.8 Å². The number of hydrogen-bond donors (Lipinski definition) is 2. The molecule has 0 atom stereocenters. The van der Waals surface area contributed by atoms with E-state index in [4.69, 9.17) is 5.84 Å². The maximum Gasteiger partial charge on any atom is 0.254 e. The number of aromatic nitrogens is 1. The smallest absolute Gasteiger partial charge is 0.254 e. The molecule has 2 heterocycles. The first-order valence-corrected chi connectivity index (χ1v) is 6.96. The number of hydrazine groups is 1. The van der Waals surface area contributed by atoms with E-state index in [-0.39, 0.29) is 5.91 Å². The number of amides is 1. The van der Waals surface area contributed by atoms with Gasteiger partial charge >= 0.3 is 0 Å². The molecule has 1 aromatic heterocycles. The highest BCUT2D eigenvalue weighted by atomic mass is 16.2. The Kier molecular flexibility index (Phi) is 4.74. The quantitative estimate of drug-likeness (QED) is 0.643. The molecule has 1 fully saturated rings. The van der Waals surface area contributed by atoms with E-state index >= 15 is 0 Å². The molecule has 0 spiro atoms. The van der Waals surface area contributed by atoms with Crippen LogP contribution < -0.4 is 11.3 Å². The molecule has 0 radical (unpaired) electrons. The van der Waals surface area contributed by atoms with Crippen molar-refractivity contribution in [2.45, 2.75) is 32.6 Å². The second-order valence-corrected chi connectivity index (χ2v) is 5.10. The van der Waals surface area contributed by atoms with Crippen molar-refractivity contribution in [1.82, 2.24) is 9.88 Å². The van der Waals surface area contributed by atoms with Crippen LogP contribution in [0.2, 0.25) is 0 Å². The van der Waals surface area contributed by atoms with E-state index in [2.05, 4.69) is 17.3 Å². The first-order chi connectivity index (χ1) is 9.24. The molecule has 3 N–H and O–H groups in total. The van der Waals surface area contributed by atoms with Crippen LogP contribution >= 0.6 is 0 Å². The van der Waals surface area contributed by atoms with Crippen molar-refractivity contribution in [3.8, 4) is 0 Å². The van der Waals surface area contributed by atoms with Crippen LogP contribution in [-0.2, 0) is 0 Å². The maximum atomic E-state index is 12.4. The number of likely N-dealkylation sites (tertiary alicyclic amines) is 1. The third kappa shape index (κ3) is 3.44. The number of nitrogen functional groups attached to an aromatic ring is 1. The van der Waals surface area contributed by atoms with Gasteiger partial charge in [0.05, 0.1) is 0 Å². The van der Waals surface area contributed by atoms with Gasteiger partial charge < -0.3 is 10.3 Å². The largest absolute Gasteiger partial charge is 0.339 e. The number of nitrogens with two attached hydrogens (primary N) is 1. The van der Waals surface area contributed by atoms with Gasteiger partial charge in [-0.3, -0.25) is 4.79 Å². The Bertz CT molecular complexity index is 427. The third-order valence-corrected chi connectivity index (χ3v) is 3.75. The maximum absolute atomic E-state index is 12.4. The van der Waals surface area contributed by atoms with Crippen molar-refractivity contribution < 1.29 is 4.79 Å². The van der Waals surface area contributed by atoms with E-state index in [1.807, 2.05) is 4.90 Å². The zero-order valence-corrected chi connectivity index (χ0v) is 11.4. The highest BCUT2D eigenvalue weighted by Gasteiger charge is 2.23. The predicted molar refractivity (Wildman–Crippen MR) is 75.6 cm³/mol. The average Bonchev–Trinajstić information content (AvgIpc) is 2.48. The van der Waals surface area contributed by atoms with Gasteiger partial charge in [0, 0.05) is 24.8 Å². The number of anilines is 1. The summed E-state index contributed by atoms with van der Waals surface area (Å²) in [5.41, 5.74) is 3.12. The Morgan fingerprint density at radius 2 is 2.26 bits per heavy atom. The van der Waals surface area contributed by atoms with Gasteiger partial charge in [-0.05, 0) is 30.9 Å². The van der Waals surface area contributed by atoms with Crippen LogP contribution in [0.25, 0.3) is 0 Å². The summed E-state index contributed by atoms with van der Waals surface area (Å²) in [6.07, 6.45) is 6.35. The molecule has 1 aliphatic rings. The van der Waals surface area contributed by atoms with Crippen LogP contribution in [0.5, 0.6) is 0 Å². The first kappa shape index (κ1) is 13.8. The van der Waals surface area contributed by atoms with Crippen LogP contribution in [0.15, 0.2) is 18.3 Å². The Morgan fingerprint density at radius 1 is 1.53 bits per heavy atom. The lowest BCUT2D eigenvalue weighted by Gasteiger charge is -2.32. The molecule has 5 heteroatoms. The summed E-state index contributed by atoms with van der Waals surface area (Å²) < 4.78 is 0. The molecule has 1 aromatic rings. The topological polar surface area (TPSA) is 71.2 Å². The second-order valence-electron chi connectivity index (χ2n) is 5.10. The molecule has 2 rings (SSSR count). The van der Waals surface area contributed by atoms with Crippen LogP contribution in [-0.4, -0.2) is 28.9 Å². The van der Waals surface area contributed by atoms with E-state index in [1.54, 1.807) is 18.3 Å². The zero-order valence-electron chi connectivity index (χ0n) is 11.4. The van der Waals surface area contributed by atoms with Gasteiger partial charge in [-0.15, -0.1) is 0 Å². The molecular formula is C14H22N4O. The van der Waals surface area contributed by atoms with E-state index in [0.717, 1.165) is 31.8 Å². The number of nitrogens with one attached hydrogen (secondary N) is 1. The summed E-state index contributed by atoms with van der Waals surface area (Å²) >= 11 is 0. The Morgan fingerprint density at radius 3 is 2.89 bits per heavy atom. The normalized spacial score (nSPS) is 16.4. The number of rotatable bonds is 4. The van der Waals surface area contributed by atoms with Crippen molar-refractivity contribution in [3.63, 3.8) is 0 Å². The molecule has 5 nitrogen and oxygen atoms in total. The first-order valence-electron chi connectivity index (χ1n) is 6.96. The lowest BCUT2D eigenvalue weighted by molar-refractivity contribution is 0.0686. The predicted octanol–water partition coefficient (Wildman–Crippen LogP) is 2.02. The van der Waals surface area contributed by atoms with Gasteiger partial charge in [0.2, 0.25) is 0 Å². The zero-order chi connectivity index (χ0) is 13.7. The van der Waals surface area contributed by atoms with Gasteiger partial charge in [0.1, 0.15) is 5.82 Å². The van der Waals surface area contributed by atoms with Gasteiger partial charge in [0.25, 0.3) is 5.91 Å². The Balaban J connectivity index is 1.97. The summed E-state index contributed by atoms with van der Waals surface area (Å²) in [4.78, 5) is 18.3. The number of pyridine rings is 1. The standard InChI is InChI=1S/C14H22N4O/c1-2-3-11-5-8-18(9-6-11)14(19)12-4-7-16-13(10-12)17-15/h4,7,10-11H,2-3,5-6,8-9,15H2,1H3,(H,16,17). The monoisotopic (exact) mass is 262 g/mol. The fraction of sp³-hybridized carbons (Fsp3) is 0.571. The van der Waals surface area contributed by atoms with Crippen molar-refractivity contribution >= 4 is 11.7 Å². The summed E-state index contributed by atoms with van der Waals surface area (Å²) in [6.45, 7) is 3.93. The lowest BCUT2D eigenvalue weighted by atomic mass is 9.92. The van der Waals surface area contributed by atoms with Gasteiger partial charge in [0.15, 0.2) is 0 Å². The summed E-state index contributed by atoms with van der Waals surface area (Å²) in [5.74, 6) is 6.69. The second kappa shape index (κ2) is 6.52. The molecular weight excluding hydrogens is 240 g/mol. The molecule has 0 saturated carbocycles. The molecule has 0 bridgehead atoms. The molecule has 1 saturated heterocycles. The molecule has 1 aliphatic heterocycles. The minimum Gasteiger partial charge on any atom is -0.339 e. The van der Waals surface area contributed by atoms with Crippen LogP contribution in [0.1, 0.15) is 43.0 Å².